The second kappa shape index (κ2) is 7.89. The molecular weight excluding hydrogens is 222 g/mol. The molecule has 100 valence electrons. The van der Waals surface area contributed by atoms with Crippen LogP contribution in [-0.4, -0.2) is 55.2 Å². The van der Waals surface area contributed by atoms with Gasteiger partial charge in [0.05, 0.1) is 6.42 Å². The molecule has 0 aliphatic carbocycles. The summed E-state index contributed by atoms with van der Waals surface area (Å²) in [6, 6.07) is -0.654. The normalized spacial score (nSPS) is 12.6. The van der Waals surface area contributed by atoms with Crippen molar-refractivity contribution in [2.24, 2.45) is 5.92 Å². The SMILES string of the molecule is CC(C)C(CC(=O)O)NC(=O)NCCN(C)C. The number of likely N-dealkylation sites (N-methyl/N-ethyl adjacent to an activating group) is 1. The van der Waals surface area contributed by atoms with Crippen LogP contribution in [0.3, 0.4) is 0 Å². The van der Waals surface area contributed by atoms with Crippen molar-refractivity contribution >= 4 is 12.0 Å². The lowest BCUT2D eigenvalue weighted by Crippen LogP contribution is -2.46. The fourth-order valence-corrected chi connectivity index (χ4v) is 1.25. The number of rotatable bonds is 7. The second-order valence-electron chi connectivity index (χ2n) is 4.65. The van der Waals surface area contributed by atoms with E-state index in [9.17, 15) is 9.59 Å². The molecule has 1 atom stereocenters. The monoisotopic (exact) mass is 245 g/mol. The zero-order valence-corrected chi connectivity index (χ0v) is 11.0. The molecule has 0 radical (unpaired) electrons. The molecule has 0 aliphatic rings. The lowest BCUT2D eigenvalue weighted by Gasteiger charge is -2.21. The molecule has 0 aromatic rings. The molecule has 0 aromatic heterocycles. The summed E-state index contributed by atoms with van der Waals surface area (Å²) < 4.78 is 0. The van der Waals surface area contributed by atoms with Gasteiger partial charge < -0.3 is 20.6 Å². The summed E-state index contributed by atoms with van der Waals surface area (Å²) in [6.45, 7) is 5.05. The maximum absolute atomic E-state index is 11.5. The summed E-state index contributed by atoms with van der Waals surface area (Å²) in [5.41, 5.74) is 0. The maximum Gasteiger partial charge on any atom is 0.315 e. The molecule has 0 fully saturated rings. The van der Waals surface area contributed by atoms with Crippen molar-refractivity contribution in [2.45, 2.75) is 26.3 Å². The van der Waals surface area contributed by atoms with Gasteiger partial charge in [-0.15, -0.1) is 0 Å². The van der Waals surface area contributed by atoms with Gasteiger partial charge in [0.25, 0.3) is 0 Å². The van der Waals surface area contributed by atoms with Crippen LogP contribution in [0.2, 0.25) is 0 Å². The number of hydrogen-bond donors (Lipinski definition) is 3. The first-order chi connectivity index (χ1) is 7.82. The van der Waals surface area contributed by atoms with Crippen LogP contribution in [0.1, 0.15) is 20.3 Å². The average molecular weight is 245 g/mol. The molecule has 0 aromatic carbocycles. The summed E-state index contributed by atoms with van der Waals surface area (Å²) in [5.74, 6) is -0.817. The van der Waals surface area contributed by atoms with Crippen LogP contribution in [-0.2, 0) is 4.79 Å². The molecule has 3 N–H and O–H groups in total. The number of carbonyl (C=O) groups is 2. The maximum atomic E-state index is 11.5. The Morgan fingerprint density at radius 2 is 1.88 bits per heavy atom. The number of nitrogens with zero attached hydrogens (tertiary/aromatic N) is 1. The van der Waals surface area contributed by atoms with Crippen LogP contribution >= 0.6 is 0 Å². The van der Waals surface area contributed by atoms with Crippen molar-refractivity contribution in [3.05, 3.63) is 0 Å². The average Bonchev–Trinajstić information content (AvgIpc) is 2.15. The predicted molar refractivity (Wildman–Crippen MR) is 66.0 cm³/mol. The van der Waals surface area contributed by atoms with E-state index in [0.717, 1.165) is 6.54 Å². The van der Waals surface area contributed by atoms with Gasteiger partial charge in [-0.3, -0.25) is 4.79 Å². The third kappa shape index (κ3) is 8.50. The Hall–Kier alpha value is -1.30. The van der Waals surface area contributed by atoms with Gasteiger partial charge in [0, 0.05) is 19.1 Å². The number of nitrogens with one attached hydrogen (secondary N) is 2. The Morgan fingerprint density at radius 3 is 2.29 bits per heavy atom. The van der Waals surface area contributed by atoms with Gasteiger partial charge in [0.1, 0.15) is 0 Å². The number of amides is 2. The molecule has 0 saturated carbocycles. The van der Waals surface area contributed by atoms with E-state index < -0.39 is 5.97 Å². The predicted octanol–water partition coefficient (Wildman–Crippen LogP) is 0.347. The fraction of sp³-hybridized carbons (Fsp3) is 0.818. The minimum Gasteiger partial charge on any atom is -0.481 e. The first-order valence-corrected chi connectivity index (χ1v) is 5.73. The molecule has 6 nitrogen and oxygen atoms in total. The van der Waals surface area contributed by atoms with Gasteiger partial charge in [-0.2, -0.15) is 0 Å². The van der Waals surface area contributed by atoms with Crippen molar-refractivity contribution in [2.75, 3.05) is 27.2 Å². The lowest BCUT2D eigenvalue weighted by molar-refractivity contribution is -0.137. The van der Waals surface area contributed by atoms with Gasteiger partial charge in [-0.25, -0.2) is 4.79 Å². The zero-order chi connectivity index (χ0) is 13.4. The van der Waals surface area contributed by atoms with Gasteiger partial charge in [0.2, 0.25) is 0 Å². The third-order valence-electron chi connectivity index (χ3n) is 2.36. The van der Waals surface area contributed by atoms with Crippen molar-refractivity contribution in [1.82, 2.24) is 15.5 Å². The molecule has 0 rings (SSSR count). The van der Waals surface area contributed by atoms with E-state index in [1.54, 1.807) is 0 Å². The highest BCUT2D eigenvalue weighted by molar-refractivity contribution is 5.75. The quantitative estimate of drug-likeness (QED) is 0.604. The highest BCUT2D eigenvalue weighted by atomic mass is 16.4. The van der Waals surface area contributed by atoms with Gasteiger partial charge in [-0.1, -0.05) is 13.8 Å². The molecule has 0 saturated heterocycles. The van der Waals surface area contributed by atoms with E-state index in [2.05, 4.69) is 10.6 Å². The van der Waals surface area contributed by atoms with Gasteiger partial charge in [0.15, 0.2) is 0 Å². The molecule has 1 unspecified atom stereocenters. The topological polar surface area (TPSA) is 81.7 Å². The van der Waals surface area contributed by atoms with Crippen LogP contribution in [0.25, 0.3) is 0 Å². The molecule has 0 heterocycles. The Balaban J connectivity index is 4.00. The van der Waals surface area contributed by atoms with E-state index in [4.69, 9.17) is 5.11 Å². The molecule has 17 heavy (non-hydrogen) atoms. The summed E-state index contributed by atoms with van der Waals surface area (Å²) >= 11 is 0. The largest absolute Gasteiger partial charge is 0.481 e. The molecule has 0 bridgehead atoms. The van der Waals surface area contributed by atoms with Crippen molar-refractivity contribution < 1.29 is 14.7 Å². The Bertz CT molecular complexity index is 254. The van der Waals surface area contributed by atoms with E-state index in [1.165, 1.54) is 0 Å². The summed E-state index contributed by atoms with van der Waals surface area (Å²) in [5, 5.41) is 14.1. The molecule has 0 aliphatic heterocycles. The zero-order valence-electron chi connectivity index (χ0n) is 11.0. The minimum atomic E-state index is -0.905. The van der Waals surface area contributed by atoms with Crippen LogP contribution in [0.4, 0.5) is 4.79 Å². The summed E-state index contributed by atoms with van der Waals surface area (Å²) in [6.07, 6.45) is -0.0568. The highest BCUT2D eigenvalue weighted by Gasteiger charge is 2.18. The van der Waals surface area contributed by atoms with Gasteiger partial charge in [-0.05, 0) is 20.0 Å². The minimum absolute atomic E-state index is 0.0568. The van der Waals surface area contributed by atoms with E-state index in [0.29, 0.717) is 6.54 Å². The Kier molecular flexibility index (Phi) is 7.29. The first-order valence-electron chi connectivity index (χ1n) is 5.73. The van der Waals surface area contributed by atoms with Crippen molar-refractivity contribution in [3.8, 4) is 0 Å². The van der Waals surface area contributed by atoms with E-state index in [-0.39, 0.29) is 24.4 Å². The Labute approximate surface area is 102 Å². The smallest absolute Gasteiger partial charge is 0.315 e. The molecular formula is C11H23N3O3. The summed E-state index contributed by atoms with van der Waals surface area (Å²) in [7, 11) is 3.84. The first kappa shape index (κ1) is 15.7. The standard InChI is InChI=1S/C11H23N3O3/c1-8(2)9(7-10(15)16)13-11(17)12-5-6-14(3)4/h8-9H,5-7H2,1-4H3,(H,15,16)(H2,12,13,17). The number of aliphatic carboxylic acids is 1. The lowest BCUT2D eigenvalue weighted by atomic mass is 10.0. The fourth-order valence-electron chi connectivity index (χ4n) is 1.25. The number of urea groups is 1. The Morgan fingerprint density at radius 1 is 1.29 bits per heavy atom. The van der Waals surface area contributed by atoms with E-state index in [1.807, 2.05) is 32.8 Å². The number of carbonyl (C=O) groups excluding carboxylic acids is 1. The van der Waals surface area contributed by atoms with Crippen LogP contribution in [0, 0.1) is 5.92 Å². The van der Waals surface area contributed by atoms with Crippen molar-refractivity contribution in [1.29, 1.82) is 0 Å². The van der Waals surface area contributed by atoms with Crippen LogP contribution in [0.15, 0.2) is 0 Å². The van der Waals surface area contributed by atoms with E-state index >= 15 is 0 Å². The second-order valence-corrected chi connectivity index (χ2v) is 4.65. The van der Waals surface area contributed by atoms with Crippen LogP contribution in [0.5, 0.6) is 0 Å². The van der Waals surface area contributed by atoms with Gasteiger partial charge >= 0.3 is 12.0 Å². The number of carboxylic acid groups (broad SMARTS) is 1. The molecule has 0 spiro atoms. The third-order valence-corrected chi connectivity index (χ3v) is 2.36. The molecule has 6 heteroatoms. The number of hydrogen-bond acceptors (Lipinski definition) is 3. The summed E-state index contributed by atoms with van der Waals surface area (Å²) in [4.78, 5) is 24.1. The van der Waals surface area contributed by atoms with Crippen molar-refractivity contribution in [3.63, 3.8) is 0 Å². The highest BCUT2D eigenvalue weighted by Crippen LogP contribution is 2.05. The van der Waals surface area contributed by atoms with Crippen LogP contribution < -0.4 is 10.6 Å². The number of carboxylic acids is 1. The molecule has 2 amide bonds.